The summed E-state index contributed by atoms with van der Waals surface area (Å²) in [6.07, 6.45) is 4.45. The van der Waals surface area contributed by atoms with Crippen molar-refractivity contribution >= 4 is 40.8 Å². The van der Waals surface area contributed by atoms with Gasteiger partial charge in [0.1, 0.15) is 11.6 Å². The van der Waals surface area contributed by atoms with Crippen molar-refractivity contribution in [2.75, 3.05) is 36.5 Å². The van der Waals surface area contributed by atoms with Crippen molar-refractivity contribution in [2.24, 2.45) is 0 Å². The molecule has 0 unspecified atom stereocenters. The van der Waals surface area contributed by atoms with Crippen LogP contribution in [0, 0.1) is 5.82 Å². The van der Waals surface area contributed by atoms with Crippen molar-refractivity contribution in [3.05, 3.63) is 77.2 Å². The Hall–Kier alpha value is -3.42. The zero-order valence-electron chi connectivity index (χ0n) is 17.1. The molecule has 1 aromatic heterocycles. The molecule has 8 heteroatoms. The number of carboxylic acids is 1. The van der Waals surface area contributed by atoms with Crippen LogP contribution >= 0.6 is 11.6 Å². The molecule has 3 aromatic rings. The van der Waals surface area contributed by atoms with Gasteiger partial charge < -0.3 is 20.1 Å². The lowest BCUT2D eigenvalue weighted by atomic mass is 9.98. The van der Waals surface area contributed by atoms with Gasteiger partial charge >= 0.3 is 5.97 Å². The molecule has 4 rings (SSSR count). The number of aromatic nitrogens is 1. The van der Waals surface area contributed by atoms with E-state index in [-0.39, 0.29) is 5.02 Å². The summed E-state index contributed by atoms with van der Waals surface area (Å²) in [4.78, 5) is 17.8. The number of morpholine rings is 1. The van der Waals surface area contributed by atoms with E-state index < -0.39 is 11.8 Å². The SMILES string of the molecule is O=C(O)C=Cc1ccccc1-c1cnc(Nc2ccc(F)c(Cl)c2)cc1N1CCOCC1. The maximum atomic E-state index is 13.5. The largest absolute Gasteiger partial charge is 0.478 e. The van der Waals surface area contributed by atoms with Crippen LogP contribution in [0.4, 0.5) is 21.6 Å². The topological polar surface area (TPSA) is 74.7 Å². The second-order valence-corrected chi connectivity index (χ2v) is 7.61. The summed E-state index contributed by atoms with van der Waals surface area (Å²) in [7, 11) is 0. The standard InChI is InChI=1S/C24H21ClFN3O3/c25-20-13-17(6-7-21(20)26)28-23-14-22(29-9-11-32-12-10-29)19(15-27-23)18-4-2-1-3-16(18)5-8-24(30)31/h1-8,13-15H,9-12H2,(H,27,28)(H,30,31). The predicted octanol–water partition coefficient (Wildman–Crippen LogP) is 5.22. The van der Waals surface area contributed by atoms with Crippen LogP contribution in [0.15, 0.2) is 60.8 Å². The molecule has 0 atom stereocenters. The number of ether oxygens (including phenoxy) is 1. The van der Waals surface area contributed by atoms with Crippen molar-refractivity contribution in [1.82, 2.24) is 4.98 Å². The summed E-state index contributed by atoms with van der Waals surface area (Å²) in [5.74, 6) is -0.916. The fourth-order valence-electron chi connectivity index (χ4n) is 3.56. The third-order valence-electron chi connectivity index (χ3n) is 5.08. The Labute approximate surface area is 189 Å². The molecule has 2 N–H and O–H groups in total. The third-order valence-corrected chi connectivity index (χ3v) is 5.37. The molecule has 0 bridgehead atoms. The molecule has 6 nitrogen and oxygen atoms in total. The van der Waals surface area contributed by atoms with Gasteiger partial charge in [-0.1, -0.05) is 35.9 Å². The van der Waals surface area contributed by atoms with Crippen LogP contribution in [0.5, 0.6) is 0 Å². The Bertz CT molecular complexity index is 1160. The zero-order valence-corrected chi connectivity index (χ0v) is 17.8. The molecule has 32 heavy (non-hydrogen) atoms. The molecule has 1 aliphatic rings. The lowest BCUT2D eigenvalue weighted by Gasteiger charge is -2.31. The number of carbonyl (C=O) groups is 1. The average Bonchev–Trinajstić information content (AvgIpc) is 2.81. The van der Waals surface area contributed by atoms with Gasteiger partial charge in [-0.15, -0.1) is 0 Å². The van der Waals surface area contributed by atoms with Crippen LogP contribution in [-0.2, 0) is 9.53 Å². The fraction of sp³-hybridized carbons (Fsp3) is 0.167. The second kappa shape index (κ2) is 9.80. The maximum Gasteiger partial charge on any atom is 0.328 e. The van der Waals surface area contributed by atoms with E-state index in [2.05, 4.69) is 15.2 Å². The molecule has 0 radical (unpaired) electrons. The highest BCUT2D eigenvalue weighted by molar-refractivity contribution is 6.31. The molecule has 1 saturated heterocycles. The van der Waals surface area contributed by atoms with E-state index in [1.807, 2.05) is 30.3 Å². The van der Waals surface area contributed by atoms with Crippen LogP contribution < -0.4 is 10.2 Å². The number of rotatable bonds is 6. The van der Waals surface area contributed by atoms with Gasteiger partial charge in [0, 0.05) is 48.4 Å². The molecule has 2 aromatic carbocycles. The van der Waals surface area contributed by atoms with E-state index in [1.165, 1.54) is 12.1 Å². The normalized spacial score (nSPS) is 14.0. The van der Waals surface area contributed by atoms with E-state index in [0.29, 0.717) is 37.8 Å². The molecule has 1 fully saturated rings. The average molecular weight is 454 g/mol. The predicted molar refractivity (Wildman–Crippen MR) is 124 cm³/mol. The number of nitrogens with zero attached hydrogens (tertiary/aromatic N) is 2. The molecule has 0 spiro atoms. The summed E-state index contributed by atoms with van der Waals surface area (Å²) in [5.41, 5.74) is 4.08. The van der Waals surface area contributed by atoms with Gasteiger partial charge in [0.2, 0.25) is 0 Å². The molecule has 0 saturated carbocycles. The van der Waals surface area contributed by atoms with Crippen LogP contribution in [0.1, 0.15) is 5.56 Å². The Kier molecular flexibility index (Phi) is 6.68. The van der Waals surface area contributed by atoms with Crippen molar-refractivity contribution in [1.29, 1.82) is 0 Å². The van der Waals surface area contributed by atoms with Crippen LogP contribution in [-0.4, -0.2) is 42.4 Å². The summed E-state index contributed by atoms with van der Waals surface area (Å²) >= 11 is 5.90. The quantitative estimate of drug-likeness (QED) is 0.498. The minimum Gasteiger partial charge on any atom is -0.478 e. The van der Waals surface area contributed by atoms with E-state index in [9.17, 15) is 9.18 Å². The van der Waals surface area contributed by atoms with Gasteiger partial charge in [0.25, 0.3) is 0 Å². The minimum atomic E-state index is -1.01. The minimum absolute atomic E-state index is 0.0270. The summed E-state index contributed by atoms with van der Waals surface area (Å²) in [6.45, 7) is 2.65. The summed E-state index contributed by atoms with van der Waals surface area (Å²) in [6, 6.07) is 13.9. The van der Waals surface area contributed by atoms with Crippen LogP contribution in [0.2, 0.25) is 5.02 Å². The van der Waals surface area contributed by atoms with E-state index in [1.54, 1.807) is 18.3 Å². The number of benzene rings is 2. The number of halogens is 2. The van der Waals surface area contributed by atoms with Gasteiger partial charge in [-0.05, 0) is 35.4 Å². The summed E-state index contributed by atoms with van der Waals surface area (Å²) in [5, 5.41) is 12.2. The first-order chi connectivity index (χ1) is 15.5. The molecule has 0 aliphatic carbocycles. The number of pyridine rings is 1. The third kappa shape index (κ3) is 5.07. The zero-order chi connectivity index (χ0) is 22.5. The van der Waals surface area contributed by atoms with Gasteiger partial charge in [-0.3, -0.25) is 0 Å². The van der Waals surface area contributed by atoms with E-state index >= 15 is 0 Å². The molecule has 2 heterocycles. The smallest absolute Gasteiger partial charge is 0.328 e. The molecular formula is C24H21ClFN3O3. The van der Waals surface area contributed by atoms with Gasteiger partial charge in [-0.25, -0.2) is 14.2 Å². The first-order valence-electron chi connectivity index (χ1n) is 10.1. The number of hydrogen-bond donors (Lipinski definition) is 2. The van der Waals surface area contributed by atoms with E-state index in [4.69, 9.17) is 21.4 Å². The first-order valence-corrected chi connectivity index (χ1v) is 10.4. The van der Waals surface area contributed by atoms with Crippen molar-refractivity contribution in [3.63, 3.8) is 0 Å². The number of carboxylic acid groups (broad SMARTS) is 1. The first kappa shape index (κ1) is 21.8. The maximum absolute atomic E-state index is 13.5. The van der Waals surface area contributed by atoms with Gasteiger partial charge in [0.15, 0.2) is 0 Å². The van der Waals surface area contributed by atoms with Gasteiger partial charge in [-0.2, -0.15) is 0 Å². The monoisotopic (exact) mass is 453 g/mol. The molecule has 1 aliphatic heterocycles. The second-order valence-electron chi connectivity index (χ2n) is 7.20. The number of aliphatic carboxylic acids is 1. The lowest BCUT2D eigenvalue weighted by molar-refractivity contribution is -0.131. The molecular weight excluding hydrogens is 433 g/mol. The van der Waals surface area contributed by atoms with Crippen LogP contribution in [0.25, 0.3) is 17.2 Å². The van der Waals surface area contributed by atoms with Crippen molar-refractivity contribution in [2.45, 2.75) is 0 Å². The van der Waals surface area contributed by atoms with E-state index in [0.717, 1.165) is 28.5 Å². The lowest BCUT2D eigenvalue weighted by Crippen LogP contribution is -2.36. The highest BCUT2D eigenvalue weighted by Crippen LogP contribution is 2.36. The molecule has 0 amide bonds. The molecule has 164 valence electrons. The Morgan fingerprint density at radius 1 is 1.16 bits per heavy atom. The Morgan fingerprint density at radius 3 is 2.69 bits per heavy atom. The van der Waals surface area contributed by atoms with Crippen LogP contribution in [0.3, 0.4) is 0 Å². The Morgan fingerprint density at radius 2 is 1.94 bits per heavy atom. The fourth-order valence-corrected chi connectivity index (χ4v) is 3.74. The number of anilines is 3. The van der Waals surface area contributed by atoms with Gasteiger partial charge in [0.05, 0.1) is 18.2 Å². The Balaban J connectivity index is 1.76. The number of nitrogens with one attached hydrogen (secondary N) is 1. The number of hydrogen-bond acceptors (Lipinski definition) is 5. The summed E-state index contributed by atoms with van der Waals surface area (Å²) < 4.78 is 19.0. The highest BCUT2D eigenvalue weighted by Gasteiger charge is 2.18. The highest BCUT2D eigenvalue weighted by atomic mass is 35.5. The van der Waals surface area contributed by atoms with Crippen molar-refractivity contribution in [3.8, 4) is 11.1 Å². The van der Waals surface area contributed by atoms with Crippen molar-refractivity contribution < 1.29 is 19.0 Å².